The Kier molecular flexibility index (Phi) is 5.01. The molecule has 1 aromatic carbocycles. The van der Waals surface area contributed by atoms with Gasteiger partial charge in [-0.25, -0.2) is 0 Å². The number of aryl methyl sites for hydroxylation is 1. The van der Waals surface area contributed by atoms with Gasteiger partial charge in [0.25, 0.3) is 0 Å². The van der Waals surface area contributed by atoms with Gasteiger partial charge in [0.2, 0.25) is 0 Å². The molecule has 0 aliphatic heterocycles. The molecule has 4 atom stereocenters. The highest BCUT2D eigenvalue weighted by Crippen LogP contribution is 2.57. The molecule has 0 radical (unpaired) electrons. The number of rotatable bonds is 5. The first-order valence-corrected chi connectivity index (χ1v) is 9.46. The van der Waals surface area contributed by atoms with Crippen molar-refractivity contribution >= 4 is 0 Å². The number of hydrogen-bond donors (Lipinski definition) is 1. The Balaban J connectivity index is 1.92. The Hall–Kier alpha value is -1.02. The van der Waals surface area contributed by atoms with Gasteiger partial charge >= 0.3 is 0 Å². The number of fused-ring (bicyclic) bond motifs is 3. The van der Waals surface area contributed by atoms with E-state index in [4.69, 9.17) is 4.74 Å². The first kappa shape index (κ1) is 16.8. The minimum atomic E-state index is 0.175. The monoisotopic (exact) mass is 316 g/mol. The Labute approximate surface area is 141 Å². The van der Waals surface area contributed by atoms with Gasteiger partial charge in [-0.1, -0.05) is 32.8 Å². The van der Waals surface area contributed by atoms with Gasteiger partial charge in [0.05, 0.1) is 7.11 Å². The molecule has 0 aromatic heterocycles. The van der Waals surface area contributed by atoms with Crippen LogP contribution in [0.15, 0.2) is 18.2 Å². The molecule has 1 aromatic rings. The molecule has 2 aliphatic rings. The van der Waals surface area contributed by atoms with Crippen molar-refractivity contribution in [3.05, 3.63) is 29.3 Å². The van der Waals surface area contributed by atoms with E-state index in [0.29, 0.717) is 18.4 Å². The van der Waals surface area contributed by atoms with E-state index in [2.05, 4.69) is 32.0 Å². The van der Waals surface area contributed by atoms with Crippen molar-refractivity contribution in [2.45, 2.75) is 64.7 Å². The first-order valence-electron chi connectivity index (χ1n) is 9.46. The van der Waals surface area contributed by atoms with Crippen molar-refractivity contribution in [3.63, 3.8) is 0 Å². The van der Waals surface area contributed by atoms with Crippen LogP contribution in [-0.2, 0) is 6.42 Å². The van der Waals surface area contributed by atoms with E-state index >= 15 is 0 Å². The molecule has 0 amide bonds. The average molecular weight is 316 g/mol. The summed E-state index contributed by atoms with van der Waals surface area (Å²) in [4.78, 5) is 0. The Morgan fingerprint density at radius 2 is 2.09 bits per heavy atom. The van der Waals surface area contributed by atoms with Crippen molar-refractivity contribution in [1.29, 1.82) is 0 Å². The average Bonchev–Trinajstić information content (AvgIpc) is 2.60. The highest BCUT2D eigenvalue weighted by atomic mass is 16.5. The van der Waals surface area contributed by atoms with Crippen LogP contribution in [0.1, 0.15) is 69.4 Å². The summed E-state index contributed by atoms with van der Waals surface area (Å²) in [5, 5.41) is 10.2. The normalized spacial score (nSPS) is 33.0. The van der Waals surface area contributed by atoms with Gasteiger partial charge in [-0.05, 0) is 78.5 Å². The van der Waals surface area contributed by atoms with E-state index in [9.17, 15) is 5.11 Å². The third-order valence-corrected chi connectivity index (χ3v) is 6.77. The number of ether oxygens (including phenoxy) is 1. The van der Waals surface area contributed by atoms with Crippen LogP contribution in [0.5, 0.6) is 5.75 Å². The van der Waals surface area contributed by atoms with Crippen molar-refractivity contribution in [2.24, 2.45) is 17.3 Å². The van der Waals surface area contributed by atoms with Crippen molar-refractivity contribution < 1.29 is 9.84 Å². The van der Waals surface area contributed by atoms with Crippen LogP contribution >= 0.6 is 0 Å². The maximum absolute atomic E-state index is 10.2. The quantitative estimate of drug-likeness (QED) is 0.833. The minimum Gasteiger partial charge on any atom is -0.497 e. The zero-order valence-electron chi connectivity index (χ0n) is 15.0. The molecule has 1 fully saturated rings. The number of methoxy groups -OCH3 is 1. The molecule has 3 rings (SSSR count). The summed E-state index contributed by atoms with van der Waals surface area (Å²) < 4.78 is 5.41. The van der Waals surface area contributed by atoms with Gasteiger partial charge < -0.3 is 9.84 Å². The summed E-state index contributed by atoms with van der Waals surface area (Å²) in [7, 11) is 1.75. The van der Waals surface area contributed by atoms with E-state index in [0.717, 1.165) is 18.1 Å². The summed E-state index contributed by atoms with van der Waals surface area (Å²) in [5.74, 6) is 3.08. The molecule has 0 spiro atoms. The Morgan fingerprint density at radius 1 is 1.26 bits per heavy atom. The highest BCUT2D eigenvalue weighted by molar-refractivity contribution is 5.40. The molecule has 2 nitrogen and oxygen atoms in total. The summed E-state index contributed by atoms with van der Waals surface area (Å²) in [6.45, 7) is 4.97. The maximum Gasteiger partial charge on any atom is 0.119 e. The Bertz CT molecular complexity index is 539. The van der Waals surface area contributed by atoms with Crippen molar-refractivity contribution in [2.75, 3.05) is 13.7 Å². The molecule has 0 bridgehead atoms. The molecular weight excluding hydrogens is 284 g/mol. The van der Waals surface area contributed by atoms with Gasteiger partial charge in [-0.15, -0.1) is 0 Å². The standard InChI is InChI=1S/C21H32O2/c1-4-11-21(14-22)12-10-18-17-9-7-16(23-3)13-15(17)6-8-19(18)20(21)5-2/h7,9,13,18-20,22H,4-6,8,10-12,14H2,1-3H3/t18-,19-,20+,21-/m1/s1. The van der Waals surface area contributed by atoms with Gasteiger partial charge in [0, 0.05) is 6.61 Å². The molecule has 0 unspecified atom stereocenters. The third-order valence-electron chi connectivity index (χ3n) is 6.77. The lowest BCUT2D eigenvalue weighted by molar-refractivity contribution is -0.0355. The SMILES string of the molecule is CCC[C@]1(CO)CC[C@@H]2c3ccc(OC)cc3CC[C@H]2[C@@H]1CC. The topological polar surface area (TPSA) is 29.5 Å². The second kappa shape index (κ2) is 6.84. The lowest BCUT2D eigenvalue weighted by Crippen LogP contribution is -2.46. The Morgan fingerprint density at radius 3 is 2.74 bits per heavy atom. The van der Waals surface area contributed by atoms with E-state index in [1.807, 2.05) is 0 Å². The fourth-order valence-electron chi connectivity index (χ4n) is 5.79. The lowest BCUT2D eigenvalue weighted by atomic mass is 9.52. The number of hydrogen-bond acceptors (Lipinski definition) is 2. The summed E-state index contributed by atoms with van der Waals surface area (Å²) >= 11 is 0. The van der Waals surface area contributed by atoms with Crippen LogP contribution in [0.4, 0.5) is 0 Å². The van der Waals surface area contributed by atoms with Crippen LogP contribution in [0, 0.1) is 17.3 Å². The fraction of sp³-hybridized carbons (Fsp3) is 0.714. The zero-order valence-corrected chi connectivity index (χ0v) is 15.0. The summed E-state index contributed by atoms with van der Waals surface area (Å²) in [5.41, 5.74) is 3.23. The van der Waals surface area contributed by atoms with E-state index in [1.54, 1.807) is 12.7 Å². The van der Waals surface area contributed by atoms with Crippen molar-refractivity contribution in [3.8, 4) is 5.75 Å². The molecule has 1 saturated carbocycles. The van der Waals surface area contributed by atoms with E-state index in [1.165, 1.54) is 44.1 Å². The molecule has 2 heteroatoms. The van der Waals surface area contributed by atoms with E-state index in [-0.39, 0.29) is 5.41 Å². The van der Waals surface area contributed by atoms with Crippen LogP contribution in [-0.4, -0.2) is 18.8 Å². The van der Waals surface area contributed by atoms with Crippen LogP contribution in [0.3, 0.4) is 0 Å². The molecule has 0 heterocycles. The molecular formula is C21H32O2. The molecule has 2 aliphatic carbocycles. The van der Waals surface area contributed by atoms with Crippen molar-refractivity contribution in [1.82, 2.24) is 0 Å². The lowest BCUT2D eigenvalue weighted by Gasteiger charge is -2.53. The minimum absolute atomic E-state index is 0.175. The largest absolute Gasteiger partial charge is 0.497 e. The first-order chi connectivity index (χ1) is 11.2. The smallest absolute Gasteiger partial charge is 0.119 e. The fourth-order valence-corrected chi connectivity index (χ4v) is 5.79. The van der Waals surface area contributed by atoms with E-state index < -0.39 is 0 Å². The number of aliphatic hydroxyl groups is 1. The molecule has 1 N–H and O–H groups in total. The molecule has 0 saturated heterocycles. The predicted octanol–water partition coefficient (Wildman–Crippen LogP) is 4.94. The van der Waals surface area contributed by atoms with Gasteiger partial charge in [0.1, 0.15) is 5.75 Å². The van der Waals surface area contributed by atoms with Crippen LogP contribution in [0.25, 0.3) is 0 Å². The van der Waals surface area contributed by atoms with Gasteiger partial charge in [-0.3, -0.25) is 0 Å². The van der Waals surface area contributed by atoms with Crippen LogP contribution < -0.4 is 4.74 Å². The summed E-state index contributed by atoms with van der Waals surface area (Å²) in [6, 6.07) is 6.68. The predicted molar refractivity (Wildman–Crippen MR) is 95.0 cm³/mol. The number of aliphatic hydroxyl groups excluding tert-OH is 1. The number of benzene rings is 1. The highest BCUT2D eigenvalue weighted by Gasteiger charge is 2.48. The summed E-state index contributed by atoms with van der Waals surface area (Å²) in [6.07, 6.45) is 8.42. The third kappa shape index (κ3) is 2.80. The maximum atomic E-state index is 10.2. The molecule has 128 valence electrons. The second-order valence-electron chi connectivity index (χ2n) is 7.70. The van der Waals surface area contributed by atoms with Gasteiger partial charge in [-0.2, -0.15) is 0 Å². The van der Waals surface area contributed by atoms with Crippen LogP contribution in [0.2, 0.25) is 0 Å². The zero-order chi connectivity index (χ0) is 16.4. The van der Waals surface area contributed by atoms with Gasteiger partial charge in [0.15, 0.2) is 0 Å². The second-order valence-corrected chi connectivity index (χ2v) is 7.70. The molecule has 23 heavy (non-hydrogen) atoms.